The summed E-state index contributed by atoms with van der Waals surface area (Å²) in [6.07, 6.45) is -2.21. The van der Waals surface area contributed by atoms with Crippen LogP contribution in [0.2, 0.25) is 10.0 Å². The van der Waals surface area contributed by atoms with E-state index in [4.69, 9.17) is 23.2 Å². The highest BCUT2D eigenvalue weighted by molar-refractivity contribution is 6.42. The molecule has 0 aromatic heterocycles. The van der Waals surface area contributed by atoms with Gasteiger partial charge in [0, 0.05) is 0 Å². The normalized spacial score (nSPS) is 12.0. The molecule has 0 aliphatic rings. The summed E-state index contributed by atoms with van der Waals surface area (Å²) in [6.45, 7) is 1.64. The quantitative estimate of drug-likeness (QED) is 0.785. The van der Waals surface area contributed by atoms with Crippen molar-refractivity contribution in [1.82, 2.24) is 0 Å². The average Bonchev–Trinajstić information content (AvgIpc) is 2.25. The summed E-state index contributed by atoms with van der Waals surface area (Å²) in [7, 11) is 0. The summed E-state index contributed by atoms with van der Waals surface area (Å²) in [6, 6.07) is 4.45. The van der Waals surface area contributed by atoms with Crippen molar-refractivity contribution in [2.45, 2.75) is 13.3 Å². The Morgan fingerprint density at radius 3 is 2.81 bits per heavy atom. The number of carbonyl (C=O) groups excluding carboxylic acids is 1. The van der Waals surface area contributed by atoms with Crippen LogP contribution in [0.15, 0.2) is 18.2 Å². The van der Waals surface area contributed by atoms with Crippen LogP contribution in [-0.2, 0) is 9.53 Å². The van der Waals surface area contributed by atoms with Gasteiger partial charge in [0.2, 0.25) is 0 Å². The van der Waals surface area contributed by atoms with E-state index >= 15 is 0 Å². The van der Waals surface area contributed by atoms with Crippen LogP contribution in [0.5, 0.6) is 5.75 Å². The van der Waals surface area contributed by atoms with Crippen LogP contribution in [0, 0.1) is 0 Å². The molecule has 0 aliphatic carbocycles. The molecule has 0 spiro atoms. The summed E-state index contributed by atoms with van der Waals surface area (Å²) in [5.41, 5.74) is 0. The van der Waals surface area contributed by atoms with Crippen molar-refractivity contribution in [3.8, 4) is 5.75 Å². The third-order valence-electron chi connectivity index (χ3n) is 1.62. The Kier molecular flexibility index (Phi) is 4.83. The molecule has 0 radical (unpaired) electrons. The van der Waals surface area contributed by atoms with Crippen LogP contribution in [0.4, 0.5) is 4.39 Å². The number of halogens is 3. The fraction of sp³-hybridized carbons (Fsp3) is 0.300. The number of ether oxygens (including phenoxy) is 2. The average molecular weight is 267 g/mol. The van der Waals surface area contributed by atoms with Gasteiger partial charge in [0.05, 0.1) is 11.6 Å². The molecule has 3 nitrogen and oxygen atoms in total. The summed E-state index contributed by atoms with van der Waals surface area (Å²) in [5, 5.41) is 0.270. The Balaban J connectivity index is 2.73. The highest BCUT2D eigenvalue weighted by atomic mass is 35.5. The molecule has 0 bridgehead atoms. The zero-order valence-corrected chi connectivity index (χ0v) is 9.89. The molecule has 0 N–H and O–H groups in total. The smallest absolute Gasteiger partial charge is 0.381 e. The molecule has 1 aromatic carbocycles. The zero-order valence-electron chi connectivity index (χ0n) is 8.38. The van der Waals surface area contributed by atoms with E-state index in [1.54, 1.807) is 6.92 Å². The van der Waals surface area contributed by atoms with E-state index < -0.39 is 12.3 Å². The number of alkyl halides is 1. The molecule has 88 valence electrons. The maximum Gasteiger partial charge on any atom is 0.381 e. The minimum Gasteiger partial charge on any atom is -0.461 e. The third-order valence-corrected chi connectivity index (χ3v) is 2.42. The Labute approximate surface area is 102 Å². The van der Waals surface area contributed by atoms with Crippen molar-refractivity contribution < 1.29 is 18.7 Å². The van der Waals surface area contributed by atoms with Gasteiger partial charge < -0.3 is 9.47 Å². The second-order valence-electron chi connectivity index (χ2n) is 2.74. The molecule has 1 rings (SSSR count). The Morgan fingerprint density at radius 1 is 1.50 bits per heavy atom. The lowest BCUT2D eigenvalue weighted by molar-refractivity contribution is -0.159. The predicted molar refractivity (Wildman–Crippen MR) is 58.6 cm³/mol. The van der Waals surface area contributed by atoms with E-state index in [-0.39, 0.29) is 22.4 Å². The second-order valence-corrected chi connectivity index (χ2v) is 3.52. The molecule has 0 saturated heterocycles. The van der Waals surface area contributed by atoms with E-state index in [1.807, 2.05) is 0 Å². The van der Waals surface area contributed by atoms with Gasteiger partial charge in [0.25, 0.3) is 0 Å². The van der Waals surface area contributed by atoms with E-state index in [2.05, 4.69) is 9.47 Å². The molecule has 6 heteroatoms. The van der Waals surface area contributed by atoms with Gasteiger partial charge in [-0.3, -0.25) is 0 Å². The van der Waals surface area contributed by atoms with E-state index in [0.29, 0.717) is 0 Å². The lowest BCUT2D eigenvalue weighted by Crippen LogP contribution is -2.24. The minimum atomic E-state index is -2.21. The van der Waals surface area contributed by atoms with Gasteiger partial charge in [-0.25, -0.2) is 4.79 Å². The molecule has 0 saturated carbocycles. The zero-order chi connectivity index (χ0) is 12.1. The maximum atomic E-state index is 13.2. The topological polar surface area (TPSA) is 35.5 Å². The number of hydrogen-bond donors (Lipinski definition) is 0. The Morgan fingerprint density at radius 2 is 2.19 bits per heavy atom. The second kappa shape index (κ2) is 5.92. The first-order chi connectivity index (χ1) is 7.56. The van der Waals surface area contributed by atoms with Crippen LogP contribution in [0.1, 0.15) is 6.92 Å². The standard InChI is InChI=1S/C10H9Cl2FO3/c1-2-15-10(14)9(13)16-7-5-3-4-6(11)8(7)12/h3-5,9H,2H2,1H3. The highest BCUT2D eigenvalue weighted by Crippen LogP contribution is 2.32. The molecule has 16 heavy (non-hydrogen) atoms. The van der Waals surface area contributed by atoms with E-state index in [9.17, 15) is 9.18 Å². The van der Waals surface area contributed by atoms with E-state index in [1.165, 1.54) is 18.2 Å². The lowest BCUT2D eigenvalue weighted by atomic mass is 10.3. The monoisotopic (exact) mass is 266 g/mol. The fourth-order valence-corrected chi connectivity index (χ4v) is 1.28. The van der Waals surface area contributed by atoms with Gasteiger partial charge in [-0.1, -0.05) is 29.3 Å². The van der Waals surface area contributed by atoms with Crippen molar-refractivity contribution in [1.29, 1.82) is 0 Å². The van der Waals surface area contributed by atoms with Crippen molar-refractivity contribution >= 4 is 29.2 Å². The first-order valence-electron chi connectivity index (χ1n) is 4.47. The van der Waals surface area contributed by atoms with Crippen LogP contribution in [0.3, 0.4) is 0 Å². The van der Waals surface area contributed by atoms with Crippen molar-refractivity contribution in [3.63, 3.8) is 0 Å². The number of carbonyl (C=O) groups is 1. The Bertz CT molecular complexity index is 384. The van der Waals surface area contributed by atoms with Crippen molar-refractivity contribution in [3.05, 3.63) is 28.2 Å². The Hall–Kier alpha value is -1.000. The predicted octanol–water partition coefficient (Wildman–Crippen LogP) is 3.23. The first kappa shape index (κ1) is 13.1. The van der Waals surface area contributed by atoms with Gasteiger partial charge >= 0.3 is 12.3 Å². The van der Waals surface area contributed by atoms with Gasteiger partial charge in [-0.15, -0.1) is 0 Å². The number of benzene rings is 1. The van der Waals surface area contributed by atoms with Crippen LogP contribution < -0.4 is 4.74 Å². The molecule has 1 aromatic rings. The molecular formula is C10H9Cl2FO3. The summed E-state index contributed by atoms with van der Waals surface area (Å²) < 4.78 is 22.3. The summed E-state index contributed by atoms with van der Waals surface area (Å²) >= 11 is 11.4. The van der Waals surface area contributed by atoms with Crippen molar-refractivity contribution in [2.24, 2.45) is 0 Å². The minimum absolute atomic E-state index is 0.00489. The van der Waals surface area contributed by atoms with Crippen LogP contribution in [-0.4, -0.2) is 18.9 Å². The molecular weight excluding hydrogens is 258 g/mol. The molecule has 1 unspecified atom stereocenters. The van der Waals surface area contributed by atoms with Gasteiger partial charge in [-0.2, -0.15) is 4.39 Å². The fourth-order valence-electron chi connectivity index (χ4n) is 0.942. The molecule has 0 aliphatic heterocycles. The largest absolute Gasteiger partial charge is 0.461 e. The highest BCUT2D eigenvalue weighted by Gasteiger charge is 2.21. The van der Waals surface area contributed by atoms with Crippen molar-refractivity contribution in [2.75, 3.05) is 6.61 Å². The molecule has 0 heterocycles. The summed E-state index contributed by atoms with van der Waals surface area (Å²) in [5.74, 6) is -1.10. The summed E-state index contributed by atoms with van der Waals surface area (Å²) in [4.78, 5) is 10.9. The number of hydrogen-bond acceptors (Lipinski definition) is 3. The SMILES string of the molecule is CCOC(=O)C(F)Oc1cccc(Cl)c1Cl. The molecule has 1 atom stereocenters. The van der Waals surface area contributed by atoms with Gasteiger partial charge in [0.1, 0.15) is 10.8 Å². The van der Waals surface area contributed by atoms with Crippen LogP contribution in [0.25, 0.3) is 0 Å². The maximum absolute atomic E-state index is 13.2. The lowest BCUT2D eigenvalue weighted by Gasteiger charge is -2.11. The number of rotatable bonds is 4. The van der Waals surface area contributed by atoms with E-state index in [0.717, 1.165) is 0 Å². The third kappa shape index (κ3) is 3.25. The molecule has 0 fully saturated rings. The number of esters is 1. The molecule has 0 amide bonds. The van der Waals surface area contributed by atoms with Gasteiger partial charge in [0.15, 0.2) is 0 Å². The van der Waals surface area contributed by atoms with Gasteiger partial charge in [-0.05, 0) is 19.1 Å². The van der Waals surface area contributed by atoms with Crippen LogP contribution >= 0.6 is 23.2 Å². The first-order valence-corrected chi connectivity index (χ1v) is 5.23.